The first kappa shape index (κ1) is 16.1. The lowest BCUT2D eigenvalue weighted by molar-refractivity contribution is 0.0388. The van der Waals surface area contributed by atoms with Gasteiger partial charge in [0.25, 0.3) is 5.91 Å². The first-order chi connectivity index (χ1) is 12.3. The number of amides is 1. The molecule has 0 bridgehead atoms. The van der Waals surface area contributed by atoms with Crippen molar-refractivity contribution in [2.24, 2.45) is 0 Å². The number of carbonyl (C=O) groups is 1. The number of hydrogen-bond acceptors (Lipinski definition) is 4. The molecule has 5 heteroatoms. The van der Waals surface area contributed by atoms with Gasteiger partial charge in [0.2, 0.25) is 0 Å². The number of para-hydroxylation sites is 1. The van der Waals surface area contributed by atoms with Gasteiger partial charge >= 0.3 is 0 Å². The second-order valence-corrected chi connectivity index (χ2v) is 6.45. The summed E-state index contributed by atoms with van der Waals surface area (Å²) in [7, 11) is 0. The number of hydrogen-bond donors (Lipinski definition) is 1. The summed E-state index contributed by atoms with van der Waals surface area (Å²) < 4.78 is 5.44. The monoisotopic (exact) mass is 337 g/mol. The number of ether oxygens (including phenoxy) is 1. The molecule has 1 fully saturated rings. The Balaban J connectivity index is 1.62. The van der Waals surface area contributed by atoms with Crippen molar-refractivity contribution in [3.63, 3.8) is 0 Å². The van der Waals surface area contributed by atoms with Gasteiger partial charge in [0.1, 0.15) is 6.17 Å². The van der Waals surface area contributed by atoms with Crippen LogP contribution < -0.4 is 10.2 Å². The summed E-state index contributed by atoms with van der Waals surface area (Å²) in [5, 5.41) is 3.17. The van der Waals surface area contributed by atoms with Crippen LogP contribution in [0.2, 0.25) is 0 Å². The number of nitrogens with zero attached hydrogens (tertiary/aromatic N) is 2. The van der Waals surface area contributed by atoms with E-state index in [1.165, 1.54) is 0 Å². The van der Waals surface area contributed by atoms with Gasteiger partial charge in [0, 0.05) is 26.2 Å². The fraction of sp³-hybridized carbons (Fsp3) is 0.350. The van der Waals surface area contributed by atoms with E-state index in [4.69, 9.17) is 4.74 Å². The number of anilines is 1. The molecule has 0 spiro atoms. The second-order valence-electron chi connectivity index (χ2n) is 6.45. The number of fused-ring (bicyclic) bond motifs is 1. The molecule has 2 aromatic rings. The Kier molecular flexibility index (Phi) is 4.68. The van der Waals surface area contributed by atoms with E-state index in [2.05, 4.69) is 27.2 Å². The molecule has 1 saturated heterocycles. The molecule has 2 aromatic carbocycles. The van der Waals surface area contributed by atoms with Crippen LogP contribution in [0.1, 0.15) is 22.1 Å². The van der Waals surface area contributed by atoms with Crippen LogP contribution in [0.15, 0.2) is 54.6 Å². The minimum absolute atomic E-state index is 0.00734. The molecule has 0 aromatic heterocycles. The number of rotatable bonds is 4. The zero-order valence-corrected chi connectivity index (χ0v) is 14.2. The number of carbonyl (C=O) groups excluding carboxylic acids is 1. The van der Waals surface area contributed by atoms with Gasteiger partial charge in [-0.05, 0) is 17.7 Å². The van der Waals surface area contributed by atoms with E-state index in [0.717, 1.165) is 56.2 Å². The van der Waals surface area contributed by atoms with Crippen molar-refractivity contribution in [2.75, 3.05) is 44.3 Å². The van der Waals surface area contributed by atoms with Crippen molar-refractivity contribution in [3.05, 3.63) is 65.7 Å². The van der Waals surface area contributed by atoms with Crippen molar-refractivity contribution in [2.45, 2.75) is 6.17 Å². The maximum absolute atomic E-state index is 12.6. The Morgan fingerprint density at radius 3 is 2.48 bits per heavy atom. The summed E-state index contributed by atoms with van der Waals surface area (Å²) in [5.41, 5.74) is 2.86. The largest absolute Gasteiger partial charge is 0.379 e. The highest BCUT2D eigenvalue weighted by molar-refractivity contribution is 6.02. The van der Waals surface area contributed by atoms with Crippen LogP contribution in [0.5, 0.6) is 0 Å². The molecule has 0 aliphatic carbocycles. The van der Waals surface area contributed by atoms with E-state index >= 15 is 0 Å². The van der Waals surface area contributed by atoms with Gasteiger partial charge in [0.05, 0.1) is 24.5 Å². The maximum Gasteiger partial charge on any atom is 0.255 e. The first-order valence-electron chi connectivity index (χ1n) is 8.84. The minimum atomic E-state index is -0.135. The lowest BCUT2D eigenvalue weighted by Gasteiger charge is -2.40. The van der Waals surface area contributed by atoms with Crippen LogP contribution in [-0.2, 0) is 4.74 Å². The van der Waals surface area contributed by atoms with Gasteiger partial charge in [-0.3, -0.25) is 9.69 Å². The summed E-state index contributed by atoms with van der Waals surface area (Å²) in [6.07, 6.45) is -0.135. The van der Waals surface area contributed by atoms with Gasteiger partial charge in [-0.25, -0.2) is 0 Å². The lowest BCUT2D eigenvalue weighted by Crippen LogP contribution is -2.50. The number of benzene rings is 2. The third kappa shape index (κ3) is 3.38. The molecule has 1 amide bonds. The molecule has 2 aliphatic rings. The van der Waals surface area contributed by atoms with Crippen LogP contribution in [-0.4, -0.2) is 50.2 Å². The predicted octanol–water partition coefficient (Wildman–Crippen LogP) is 2.27. The first-order valence-corrected chi connectivity index (χ1v) is 8.84. The molecule has 130 valence electrons. The minimum Gasteiger partial charge on any atom is -0.379 e. The second kappa shape index (κ2) is 7.25. The fourth-order valence-corrected chi connectivity index (χ4v) is 3.56. The van der Waals surface area contributed by atoms with Crippen LogP contribution in [0.25, 0.3) is 0 Å². The molecule has 1 atom stereocenters. The smallest absolute Gasteiger partial charge is 0.255 e. The zero-order valence-electron chi connectivity index (χ0n) is 14.2. The fourth-order valence-electron chi connectivity index (χ4n) is 3.56. The van der Waals surface area contributed by atoms with Crippen LogP contribution in [0.3, 0.4) is 0 Å². The summed E-state index contributed by atoms with van der Waals surface area (Å²) in [6, 6.07) is 18.0. The molecule has 1 unspecified atom stereocenters. The Morgan fingerprint density at radius 1 is 0.960 bits per heavy atom. The summed E-state index contributed by atoms with van der Waals surface area (Å²) >= 11 is 0. The maximum atomic E-state index is 12.6. The molecule has 0 radical (unpaired) electrons. The molecule has 4 rings (SSSR count). The molecular weight excluding hydrogens is 314 g/mol. The summed E-state index contributed by atoms with van der Waals surface area (Å²) in [4.78, 5) is 17.3. The molecule has 2 heterocycles. The molecule has 25 heavy (non-hydrogen) atoms. The Morgan fingerprint density at radius 2 is 1.68 bits per heavy atom. The van der Waals surface area contributed by atoms with Gasteiger partial charge < -0.3 is 15.0 Å². The summed E-state index contributed by atoms with van der Waals surface area (Å²) in [6.45, 7) is 5.36. The van der Waals surface area contributed by atoms with Gasteiger partial charge in [-0.2, -0.15) is 0 Å². The topological polar surface area (TPSA) is 44.8 Å². The number of nitrogens with one attached hydrogen (secondary N) is 1. The van der Waals surface area contributed by atoms with E-state index in [9.17, 15) is 4.79 Å². The van der Waals surface area contributed by atoms with E-state index in [-0.39, 0.29) is 12.1 Å². The molecule has 5 nitrogen and oxygen atoms in total. The standard InChI is InChI=1S/C20H23N3O2/c24-20-17-8-4-5-9-18(17)23(11-10-22-12-14-25-15-13-22)19(21-20)16-6-2-1-3-7-16/h1-9,19H,10-15H2,(H,21,24). The SMILES string of the molecule is O=C1NC(c2ccccc2)N(CCN2CCOCC2)c2ccccc21. The van der Waals surface area contributed by atoms with Crippen molar-refractivity contribution in [3.8, 4) is 0 Å². The van der Waals surface area contributed by atoms with Gasteiger partial charge in [0.15, 0.2) is 0 Å². The van der Waals surface area contributed by atoms with E-state index in [0.29, 0.717) is 0 Å². The van der Waals surface area contributed by atoms with Gasteiger partial charge in [-0.1, -0.05) is 42.5 Å². The van der Waals surface area contributed by atoms with Crippen LogP contribution >= 0.6 is 0 Å². The molecule has 1 N–H and O–H groups in total. The Labute approximate surface area is 148 Å². The predicted molar refractivity (Wildman–Crippen MR) is 97.7 cm³/mol. The van der Waals surface area contributed by atoms with Gasteiger partial charge in [-0.15, -0.1) is 0 Å². The van der Waals surface area contributed by atoms with Crippen LogP contribution in [0, 0.1) is 0 Å². The van der Waals surface area contributed by atoms with Crippen molar-refractivity contribution in [1.29, 1.82) is 0 Å². The third-order valence-electron chi connectivity index (χ3n) is 4.91. The highest BCUT2D eigenvalue weighted by Crippen LogP contribution is 2.32. The quantitative estimate of drug-likeness (QED) is 0.930. The lowest BCUT2D eigenvalue weighted by atomic mass is 10.0. The molecule has 2 aliphatic heterocycles. The Hall–Kier alpha value is -2.37. The summed E-state index contributed by atoms with van der Waals surface area (Å²) in [5.74, 6) is -0.00734. The molecule has 0 saturated carbocycles. The van der Waals surface area contributed by atoms with Crippen molar-refractivity contribution < 1.29 is 9.53 Å². The molecular formula is C20H23N3O2. The third-order valence-corrected chi connectivity index (χ3v) is 4.91. The average Bonchev–Trinajstić information content (AvgIpc) is 2.69. The highest BCUT2D eigenvalue weighted by Gasteiger charge is 2.31. The van der Waals surface area contributed by atoms with Crippen molar-refractivity contribution in [1.82, 2.24) is 10.2 Å². The highest BCUT2D eigenvalue weighted by atomic mass is 16.5. The normalized spacial score (nSPS) is 20.9. The average molecular weight is 337 g/mol. The Bertz CT molecular complexity index is 729. The van der Waals surface area contributed by atoms with E-state index in [1.807, 2.05) is 42.5 Å². The van der Waals surface area contributed by atoms with E-state index in [1.54, 1.807) is 0 Å². The van der Waals surface area contributed by atoms with E-state index < -0.39 is 0 Å². The number of morpholine rings is 1. The van der Waals surface area contributed by atoms with Crippen molar-refractivity contribution >= 4 is 11.6 Å². The van der Waals surface area contributed by atoms with Crippen LogP contribution in [0.4, 0.5) is 5.69 Å². The zero-order chi connectivity index (χ0) is 17.1.